The van der Waals surface area contributed by atoms with E-state index in [9.17, 15) is 4.39 Å². The minimum Gasteiger partial charge on any atom is -0.496 e. The number of methoxy groups -OCH3 is 1. The number of hydrogen-bond donors (Lipinski definition) is 1. The predicted molar refractivity (Wildman–Crippen MR) is 69.1 cm³/mol. The molecule has 0 amide bonds. The summed E-state index contributed by atoms with van der Waals surface area (Å²) in [5, 5.41) is 3.26. The molecule has 1 aromatic rings. The zero-order chi connectivity index (χ0) is 13.0. The zero-order valence-corrected chi connectivity index (χ0v) is 11.3. The molecule has 2 unspecified atom stereocenters. The fourth-order valence-corrected chi connectivity index (χ4v) is 2.48. The van der Waals surface area contributed by atoms with Gasteiger partial charge in [-0.15, -0.1) is 0 Å². The molecular formula is C14H22FNO. The number of halogens is 1. The monoisotopic (exact) mass is 239 g/mol. The van der Waals surface area contributed by atoms with Crippen molar-refractivity contribution in [3.63, 3.8) is 0 Å². The molecule has 0 saturated carbocycles. The Hall–Kier alpha value is -1.09. The fourth-order valence-electron chi connectivity index (χ4n) is 2.48. The van der Waals surface area contributed by atoms with Crippen LogP contribution in [0.4, 0.5) is 4.39 Å². The SMILES string of the molecule is CNC(C(C)C)C(C)c1c(F)cccc1OC. The van der Waals surface area contributed by atoms with Gasteiger partial charge in [0.1, 0.15) is 11.6 Å². The molecule has 0 spiro atoms. The maximum absolute atomic E-state index is 13.9. The number of nitrogens with one attached hydrogen (secondary N) is 1. The average Bonchev–Trinajstić information content (AvgIpc) is 2.28. The van der Waals surface area contributed by atoms with Crippen LogP contribution in [-0.4, -0.2) is 20.2 Å². The Labute approximate surface area is 103 Å². The quantitative estimate of drug-likeness (QED) is 0.852. The van der Waals surface area contributed by atoms with Crippen LogP contribution >= 0.6 is 0 Å². The third kappa shape index (κ3) is 2.97. The van der Waals surface area contributed by atoms with E-state index < -0.39 is 0 Å². The summed E-state index contributed by atoms with van der Waals surface area (Å²) in [5.74, 6) is 0.923. The zero-order valence-electron chi connectivity index (χ0n) is 11.3. The molecule has 0 heterocycles. The first-order valence-electron chi connectivity index (χ1n) is 6.02. The maximum Gasteiger partial charge on any atom is 0.130 e. The minimum absolute atomic E-state index is 0.0659. The first kappa shape index (κ1) is 14.0. The largest absolute Gasteiger partial charge is 0.496 e. The Bertz CT molecular complexity index is 365. The van der Waals surface area contributed by atoms with Crippen molar-refractivity contribution in [3.8, 4) is 5.75 Å². The summed E-state index contributed by atoms with van der Waals surface area (Å²) in [6, 6.07) is 5.19. The second-order valence-corrected chi connectivity index (χ2v) is 4.70. The van der Waals surface area contributed by atoms with E-state index in [0.29, 0.717) is 17.2 Å². The lowest BCUT2D eigenvalue weighted by atomic mass is 9.86. The maximum atomic E-state index is 13.9. The van der Waals surface area contributed by atoms with Gasteiger partial charge in [-0.3, -0.25) is 0 Å². The average molecular weight is 239 g/mol. The molecule has 0 aliphatic heterocycles. The predicted octanol–water partition coefficient (Wildman–Crippen LogP) is 3.18. The van der Waals surface area contributed by atoms with Crippen LogP contribution in [0, 0.1) is 11.7 Å². The summed E-state index contributed by atoms with van der Waals surface area (Å²) in [5.41, 5.74) is 0.656. The van der Waals surface area contributed by atoms with Crippen LogP contribution < -0.4 is 10.1 Å². The Balaban J connectivity index is 3.14. The van der Waals surface area contributed by atoms with Crippen molar-refractivity contribution in [1.29, 1.82) is 0 Å². The third-order valence-electron chi connectivity index (χ3n) is 3.28. The molecule has 2 nitrogen and oxygen atoms in total. The van der Waals surface area contributed by atoms with Crippen LogP contribution in [-0.2, 0) is 0 Å². The molecular weight excluding hydrogens is 217 g/mol. The van der Waals surface area contributed by atoms with Crippen molar-refractivity contribution in [3.05, 3.63) is 29.6 Å². The molecule has 17 heavy (non-hydrogen) atoms. The molecule has 96 valence electrons. The number of likely N-dealkylation sites (N-methyl/N-ethyl adjacent to an activating group) is 1. The molecule has 1 N–H and O–H groups in total. The van der Waals surface area contributed by atoms with Gasteiger partial charge < -0.3 is 10.1 Å². The molecule has 3 heteroatoms. The van der Waals surface area contributed by atoms with Gasteiger partial charge in [-0.05, 0) is 25.1 Å². The Kier molecular flexibility index (Phi) is 4.94. The van der Waals surface area contributed by atoms with Gasteiger partial charge in [0.25, 0.3) is 0 Å². The normalized spacial score (nSPS) is 14.8. The summed E-state index contributed by atoms with van der Waals surface area (Å²) < 4.78 is 19.2. The summed E-state index contributed by atoms with van der Waals surface area (Å²) >= 11 is 0. The molecule has 0 fully saturated rings. The van der Waals surface area contributed by atoms with Gasteiger partial charge in [-0.2, -0.15) is 0 Å². The number of benzene rings is 1. The van der Waals surface area contributed by atoms with Gasteiger partial charge in [0, 0.05) is 17.5 Å². The van der Waals surface area contributed by atoms with E-state index in [4.69, 9.17) is 4.74 Å². The Morgan fingerprint density at radius 1 is 1.24 bits per heavy atom. The van der Waals surface area contributed by atoms with E-state index in [1.54, 1.807) is 13.2 Å². The second-order valence-electron chi connectivity index (χ2n) is 4.70. The van der Waals surface area contributed by atoms with Crippen molar-refractivity contribution >= 4 is 0 Å². The Morgan fingerprint density at radius 2 is 1.88 bits per heavy atom. The van der Waals surface area contributed by atoms with Crippen LogP contribution in [0.5, 0.6) is 5.75 Å². The van der Waals surface area contributed by atoms with Crippen LogP contribution in [0.15, 0.2) is 18.2 Å². The lowest BCUT2D eigenvalue weighted by Crippen LogP contribution is -2.36. The lowest BCUT2D eigenvalue weighted by molar-refractivity contribution is 0.349. The molecule has 0 aliphatic rings. The topological polar surface area (TPSA) is 21.3 Å². The van der Waals surface area contributed by atoms with E-state index in [1.165, 1.54) is 6.07 Å². The highest BCUT2D eigenvalue weighted by molar-refractivity contribution is 5.38. The summed E-state index contributed by atoms with van der Waals surface area (Å²) in [4.78, 5) is 0. The van der Waals surface area contributed by atoms with E-state index in [-0.39, 0.29) is 17.8 Å². The molecule has 0 radical (unpaired) electrons. The molecule has 0 bridgehead atoms. The summed E-state index contributed by atoms with van der Waals surface area (Å²) in [6.45, 7) is 6.29. The third-order valence-corrected chi connectivity index (χ3v) is 3.28. The summed E-state index contributed by atoms with van der Waals surface area (Å²) in [6.07, 6.45) is 0. The Morgan fingerprint density at radius 3 is 2.35 bits per heavy atom. The van der Waals surface area contributed by atoms with Gasteiger partial charge in [0.2, 0.25) is 0 Å². The van der Waals surface area contributed by atoms with Crippen molar-refractivity contribution in [2.45, 2.75) is 32.7 Å². The van der Waals surface area contributed by atoms with Crippen molar-refractivity contribution < 1.29 is 9.13 Å². The number of ether oxygens (including phenoxy) is 1. The summed E-state index contributed by atoms with van der Waals surface area (Å²) in [7, 11) is 3.49. The van der Waals surface area contributed by atoms with Gasteiger partial charge in [-0.1, -0.05) is 26.8 Å². The van der Waals surface area contributed by atoms with Crippen molar-refractivity contribution in [1.82, 2.24) is 5.32 Å². The highest BCUT2D eigenvalue weighted by Crippen LogP contribution is 2.33. The van der Waals surface area contributed by atoms with Gasteiger partial charge in [-0.25, -0.2) is 4.39 Å². The molecule has 1 aromatic carbocycles. The number of rotatable bonds is 5. The van der Waals surface area contributed by atoms with Crippen LogP contribution in [0.2, 0.25) is 0 Å². The highest BCUT2D eigenvalue weighted by Gasteiger charge is 2.25. The van der Waals surface area contributed by atoms with E-state index in [2.05, 4.69) is 19.2 Å². The van der Waals surface area contributed by atoms with Gasteiger partial charge in [0.05, 0.1) is 7.11 Å². The molecule has 2 atom stereocenters. The lowest BCUT2D eigenvalue weighted by Gasteiger charge is -2.28. The van der Waals surface area contributed by atoms with Crippen molar-refractivity contribution in [2.24, 2.45) is 5.92 Å². The van der Waals surface area contributed by atoms with Crippen LogP contribution in [0.3, 0.4) is 0 Å². The molecule has 1 rings (SSSR count). The van der Waals surface area contributed by atoms with E-state index in [0.717, 1.165) is 0 Å². The number of hydrogen-bond acceptors (Lipinski definition) is 2. The smallest absolute Gasteiger partial charge is 0.130 e. The molecule has 0 aromatic heterocycles. The van der Waals surface area contributed by atoms with E-state index >= 15 is 0 Å². The van der Waals surface area contributed by atoms with Gasteiger partial charge in [0.15, 0.2) is 0 Å². The highest BCUT2D eigenvalue weighted by atomic mass is 19.1. The first-order chi connectivity index (χ1) is 8.02. The molecule has 0 saturated heterocycles. The van der Waals surface area contributed by atoms with Crippen molar-refractivity contribution in [2.75, 3.05) is 14.2 Å². The van der Waals surface area contributed by atoms with Crippen LogP contribution in [0.1, 0.15) is 32.3 Å². The first-order valence-corrected chi connectivity index (χ1v) is 6.02. The van der Waals surface area contributed by atoms with E-state index in [1.807, 2.05) is 20.0 Å². The minimum atomic E-state index is -0.197. The van der Waals surface area contributed by atoms with Gasteiger partial charge >= 0.3 is 0 Å². The fraction of sp³-hybridized carbons (Fsp3) is 0.571. The molecule has 0 aliphatic carbocycles. The second kappa shape index (κ2) is 6.01. The van der Waals surface area contributed by atoms with Crippen LogP contribution in [0.25, 0.3) is 0 Å². The standard InChI is InChI=1S/C14H22FNO/c1-9(2)14(16-4)10(3)13-11(15)7-6-8-12(13)17-5/h6-10,14,16H,1-5H3.